The van der Waals surface area contributed by atoms with Gasteiger partial charge in [-0.25, -0.2) is 13.4 Å². The number of para-hydroxylation sites is 1. The van der Waals surface area contributed by atoms with Gasteiger partial charge in [-0.1, -0.05) is 37.2 Å². The highest BCUT2D eigenvalue weighted by Crippen LogP contribution is 2.39. The van der Waals surface area contributed by atoms with Crippen LogP contribution in [0.5, 0.6) is 5.75 Å². The molecule has 0 aliphatic carbocycles. The number of piperazine rings is 1. The normalized spacial score (nSPS) is 14.0. The van der Waals surface area contributed by atoms with E-state index in [-0.39, 0.29) is 27.6 Å². The highest BCUT2D eigenvalue weighted by atomic mass is 35.5. The molecule has 3 aromatic rings. The van der Waals surface area contributed by atoms with Crippen LogP contribution in [0.15, 0.2) is 60.1 Å². The average Bonchev–Trinajstić information content (AvgIpc) is 3.00. The Morgan fingerprint density at radius 2 is 1.81 bits per heavy atom. The SMILES string of the molecule is C=CC(=O)Nc1cc(Nc2ncc(Cl)c(Nc3ccccc3S(=O)(=O)C(C)C)n2)c(OCC)cc1N1CCN(CC)CC1. The standard InChI is InChI=1S/C30H38ClN7O4S/c1-6-28(39)33-23-17-24(26(42-8-3)18-25(23)38-15-13-37(7-2)14-16-38)35-30-32-19-21(31)29(36-30)34-22-11-9-10-12-27(22)43(40,41)20(4)5/h6,9-12,17-20H,1,7-8,13-16H2,2-5H3,(H,33,39)(H2,32,34,35,36). The van der Waals surface area contributed by atoms with Crippen LogP contribution in [0.25, 0.3) is 0 Å². The fourth-order valence-electron chi connectivity index (χ4n) is 4.63. The lowest BCUT2D eigenvalue weighted by Crippen LogP contribution is -2.46. The molecular weight excluding hydrogens is 590 g/mol. The number of halogens is 1. The van der Waals surface area contributed by atoms with Gasteiger partial charge in [0.25, 0.3) is 0 Å². The van der Waals surface area contributed by atoms with Crippen molar-refractivity contribution in [2.24, 2.45) is 0 Å². The summed E-state index contributed by atoms with van der Waals surface area (Å²) in [7, 11) is -3.58. The van der Waals surface area contributed by atoms with Crippen molar-refractivity contribution in [3.63, 3.8) is 0 Å². The third-order valence-corrected chi connectivity index (χ3v) is 9.55. The lowest BCUT2D eigenvalue weighted by molar-refractivity contribution is -0.111. The van der Waals surface area contributed by atoms with Crippen molar-refractivity contribution in [1.29, 1.82) is 0 Å². The number of amides is 1. The fraction of sp³-hybridized carbons (Fsp3) is 0.367. The Morgan fingerprint density at radius 1 is 1.09 bits per heavy atom. The average molecular weight is 628 g/mol. The number of likely N-dealkylation sites (N-methyl/N-ethyl adjacent to an activating group) is 1. The molecule has 0 bridgehead atoms. The zero-order chi connectivity index (χ0) is 31.1. The number of nitrogens with one attached hydrogen (secondary N) is 3. The Bertz CT molecular complexity index is 1570. The summed E-state index contributed by atoms with van der Waals surface area (Å²) in [5.41, 5.74) is 2.29. The van der Waals surface area contributed by atoms with Gasteiger partial charge in [-0.05, 0) is 51.6 Å². The topological polar surface area (TPSA) is 129 Å². The molecule has 0 atom stereocenters. The number of nitrogens with zero attached hydrogens (tertiary/aromatic N) is 4. The maximum absolute atomic E-state index is 13.0. The molecule has 0 radical (unpaired) electrons. The summed E-state index contributed by atoms with van der Waals surface area (Å²) in [6.45, 7) is 15.7. The minimum Gasteiger partial charge on any atom is -0.492 e. The number of aromatic nitrogens is 2. The van der Waals surface area contributed by atoms with Gasteiger partial charge in [-0.2, -0.15) is 4.98 Å². The molecule has 1 aliphatic rings. The van der Waals surface area contributed by atoms with E-state index in [9.17, 15) is 13.2 Å². The molecular formula is C30H38ClN7O4S. The molecule has 13 heteroatoms. The molecule has 1 amide bonds. The van der Waals surface area contributed by atoms with Gasteiger partial charge < -0.3 is 30.5 Å². The molecule has 1 saturated heterocycles. The lowest BCUT2D eigenvalue weighted by atomic mass is 10.1. The number of hydrogen-bond donors (Lipinski definition) is 3. The maximum Gasteiger partial charge on any atom is 0.247 e. The fourth-order valence-corrected chi connectivity index (χ4v) is 5.97. The molecule has 1 aromatic heterocycles. The molecule has 1 aliphatic heterocycles. The third-order valence-electron chi connectivity index (χ3n) is 7.06. The first-order chi connectivity index (χ1) is 20.6. The van der Waals surface area contributed by atoms with Crippen LogP contribution >= 0.6 is 11.6 Å². The summed E-state index contributed by atoms with van der Waals surface area (Å²) in [6, 6.07) is 10.3. The highest BCUT2D eigenvalue weighted by molar-refractivity contribution is 7.92. The second-order valence-corrected chi connectivity index (χ2v) is 13.0. The molecule has 11 nitrogen and oxygen atoms in total. The molecule has 0 unspecified atom stereocenters. The zero-order valence-electron chi connectivity index (χ0n) is 24.9. The van der Waals surface area contributed by atoms with Gasteiger partial charge in [-0.15, -0.1) is 0 Å². The Morgan fingerprint density at radius 3 is 2.47 bits per heavy atom. The molecule has 4 rings (SSSR count). The van der Waals surface area contributed by atoms with Crippen molar-refractivity contribution < 1.29 is 17.9 Å². The summed E-state index contributed by atoms with van der Waals surface area (Å²) >= 11 is 6.43. The molecule has 2 aromatic carbocycles. The van der Waals surface area contributed by atoms with E-state index < -0.39 is 15.1 Å². The Kier molecular flexibility index (Phi) is 10.5. The Labute approximate surface area is 258 Å². The smallest absolute Gasteiger partial charge is 0.247 e. The van der Waals surface area contributed by atoms with Gasteiger partial charge in [0, 0.05) is 32.2 Å². The van der Waals surface area contributed by atoms with Gasteiger partial charge in [0.1, 0.15) is 10.8 Å². The number of sulfone groups is 1. The van der Waals surface area contributed by atoms with Crippen molar-refractivity contribution >= 4 is 61.9 Å². The van der Waals surface area contributed by atoms with Crippen LogP contribution in [0.2, 0.25) is 5.02 Å². The van der Waals surface area contributed by atoms with E-state index in [1.54, 1.807) is 44.2 Å². The minimum atomic E-state index is -3.58. The first kappa shape index (κ1) is 32.1. The lowest BCUT2D eigenvalue weighted by Gasteiger charge is -2.36. The van der Waals surface area contributed by atoms with Crippen LogP contribution in [0.1, 0.15) is 27.7 Å². The summed E-state index contributed by atoms with van der Waals surface area (Å²) < 4.78 is 31.9. The Hall–Kier alpha value is -3.87. The number of hydrogen-bond acceptors (Lipinski definition) is 10. The summed E-state index contributed by atoms with van der Waals surface area (Å²) in [5, 5.41) is 8.76. The van der Waals surface area contributed by atoms with Gasteiger partial charge >= 0.3 is 0 Å². The number of carbonyl (C=O) groups is 1. The largest absolute Gasteiger partial charge is 0.492 e. The van der Waals surface area contributed by atoms with Gasteiger partial charge in [0.2, 0.25) is 11.9 Å². The second kappa shape index (κ2) is 14.1. The zero-order valence-corrected chi connectivity index (χ0v) is 26.4. The van der Waals surface area contributed by atoms with Crippen molar-refractivity contribution in [2.45, 2.75) is 37.8 Å². The first-order valence-electron chi connectivity index (χ1n) is 14.2. The first-order valence-corrected chi connectivity index (χ1v) is 16.1. The molecule has 230 valence electrons. The Balaban J connectivity index is 1.70. The molecule has 43 heavy (non-hydrogen) atoms. The van der Waals surface area contributed by atoms with E-state index in [0.717, 1.165) is 38.4 Å². The second-order valence-electron chi connectivity index (χ2n) is 10.1. The maximum atomic E-state index is 13.0. The van der Waals surface area contributed by atoms with Crippen LogP contribution in [-0.4, -0.2) is 73.8 Å². The predicted octanol–water partition coefficient (Wildman–Crippen LogP) is 5.46. The van der Waals surface area contributed by atoms with Crippen molar-refractivity contribution in [3.05, 3.63) is 60.3 Å². The van der Waals surface area contributed by atoms with Crippen LogP contribution < -0.4 is 25.6 Å². The predicted molar refractivity (Wildman–Crippen MR) is 173 cm³/mol. The quantitative estimate of drug-likeness (QED) is 0.223. The van der Waals surface area contributed by atoms with E-state index in [1.165, 1.54) is 12.3 Å². The number of benzene rings is 2. The van der Waals surface area contributed by atoms with E-state index in [0.29, 0.717) is 29.4 Å². The highest BCUT2D eigenvalue weighted by Gasteiger charge is 2.24. The third kappa shape index (κ3) is 7.56. The van der Waals surface area contributed by atoms with Crippen LogP contribution in [-0.2, 0) is 14.6 Å². The minimum absolute atomic E-state index is 0.144. The van der Waals surface area contributed by atoms with Crippen molar-refractivity contribution in [3.8, 4) is 5.75 Å². The summed E-state index contributed by atoms with van der Waals surface area (Å²) in [6.07, 6.45) is 2.64. The summed E-state index contributed by atoms with van der Waals surface area (Å²) in [5.74, 6) is 0.609. The number of carbonyl (C=O) groups excluding carboxylic acids is 1. The molecule has 0 spiro atoms. The van der Waals surface area contributed by atoms with Crippen LogP contribution in [0, 0.1) is 0 Å². The van der Waals surface area contributed by atoms with Crippen molar-refractivity contribution in [1.82, 2.24) is 14.9 Å². The van der Waals surface area contributed by atoms with Crippen LogP contribution in [0.3, 0.4) is 0 Å². The van der Waals surface area contributed by atoms with E-state index in [1.807, 2.05) is 13.0 Å². The van der Waals surface area contributed by atoms with Gasteiger partial charge in [0.05, 0.1) is 45.7 Å². The molecule has 2 heterocycles. The van der Waals surface area contributed by atoms with Gasteiger partial charge in [-0.3, -0.25) is 4.79 Å². The number of anilines is 6. The molecule has 1 fully saturated rings. The monoisotopic (exact) mass is 627 g/mol. The van der Waals surface area contributed by atoms with Crippen LogP contribution in [0.4, 0.5) is 34.5 Å². The number of rotatable bonds is 12. The molecule has 0 saturated carbocycles. The number of ether oxygens (including phenoxy) is 1. The van der Waals surface area contributed by atoms with E-state index >= 15 is 0 Å². The van der Waals surface area contributed by atoms with Crippen molar-refractivity contribution in [2.75, 3.05) is 60.2 Å². The molecule has 3 N–H and O–H groups in total. The van der Waals surface area contributed by atoms with E-state index in [2.05, 4.69) is 49.2 Å². The van der Waals surface area contributed by atoms with E-state index in [4.69, 9.17) is 16.3 Å². The van der Waals surface area contributed by atoms with Gasteiger partial charge in [0.15, 0.2) is 15.7 Å². The summed E-state index contributed by atoms with van der Waals surface area (Å²) in [4.78, 5) is 26.0.